The first-order chi connectivity index (χ1) is 13.7. The Kier molecular flexibility index (Phi) is 5.84. The number of hydrogen-bond acceptors (Lipinski definition) is 1. The van der Waals surface area contributed by atoms with E-state index in [1.54, 1.807) is 0 Å². The van der Waals surface area contributed by atoms with Crippen molar-refractivity contribution in [3.8, 4) is 0 Å². The predicted molar refractivity (Wildman–Crippen MR) is 123 cm³/mol. The predicted octanol–water partition coefficient (Wildman–Crippen LogP) is 7.99. The summed E-state index contributed by atoms with van der Waals surface area (Å²) in [5, 5.41) is 0. The molecule has 0 amide bonds. The lowest BCUT2D eigenvalue weighted by Crippen LogP contribution is -2.45. The van der Waals surface area contributed by atoms with Crippen LogP contribution in [0, 0.1) is 46.3 Å². The fraction of sp³-hybridized carbons (Fsp3) is 0.893. The lowest BCUT2D eigenvalue weighted by Gasteiger charge is -2.54. The van der Waals surface area contributed by atoms with Crippen molar-refractivity contribution in [1.29, 1.82) is 0 Å². The van der Waals surface area contributed by atoms with Gasteiger partial charge >= 0.3 is 0 Å². The Hall–Kier alpha value is -0.590. The van der Waals surface area contributed by atoms with E-state index >= 15 is 0 Å². The van der Waals surface area contributed by atoms with Gasteiger partial charge in [-0.2, -0.15) is 0 Å². The van der Waals surface area contributed by atoms with Crippen LogP contribution >= 0.6 is 0 Å². The van der Waals surface area contributed by atoms with Crippen molar-refractivity contribution in [3.63, 3.8) is 0 Å². The minimum Gasteiger partial charge on any atom is -0.300 e. The van der Waals surface area contributed by atoms with Crippen LogP contribution in [-0.2, 0) is 4.79 Å². The largest absolute Gasteiger partial charge is 0.300 e. The number of carbonyl (C=O) groups is 1. The number of ketones is 1. The summed E-state index contributed by atoms with van der Waals surface area (Å²) in [5.41, 5.74) is 4.61. The molecule has 4 aliphatic rings. The minimum atomic E-state index is 0.346. The van der Waals surface area contributed by atoms with Gasteiger partial charge in [0.25, 0.3) is 0 Å². The SMILES string of the molecule is CC(C)[C@@H](C)CC[C@@H](C)[C@@H]1CC[C@@H]2C3=C(CC[C@]21C)[C@@]1(C)CCC(=O)C[C@@H]1CC3. The highest BCUT2D eigenvalue weighted by Gasteiger charge is 2.55. The first-order valence-corrected chi connectivity index (χ1v) is 12.9. The van der Waals surface area contributed by atoms with E-state index in [9.17, 15) is 4.79 Å². The maximum Gasteiger partial charge on any atom is 0.133 e. The summed E-state index contributed by atoms with van der Waals surface area (Å²) < 4.78 is 0. The summed E-state index contributed by atoms with van der Waals surface area (Å²) in [5.74, 6) is 5.47. The standard InChI is InChI=1S/C28H46O/c1-18(2)19(3)7-8-20(4)24-11-12-25-23-10-9-21-17-22(29)13-15-27(21,5)26(23)14-16-28(24,25)6/h18-21,24-25H,7-17H2,1-6H3/t19-,20+,21-,24-,25+,27-,28-/m0/s1. The molecular formula is C28H46O. The van der Waals surface area contributed by atoms with E-state index in [1.165, 1.54) is 51.4 Å². The van der Waals surface area contributed by atoms with Crippen molar-refractivity contribution in [3.05, 3.63) is 11.1 Å². The van der Waals surface area contributed by atoms with E-state index in [4.69, 9.17) is 0 Å². The zero-order valence-corrected chi connectivity index (χ0v) is 20.2. The lowest BCUT2D eigenvalue weighted by atomic mass is 9.50. The number of fused-ring (bicyclic) bond motifs is 4. The number of Topliss-reactive ketones (excluding diaryl/α,β-unsaturated/α-hetero) is 1. The zero-order chi connectivity index (χ0) is 21.0. The molecule has 0 aromatic heterocycles. The lowest BCUT2D eigenvalue weighted by molar-refractivity contribution is -0.124. The molecule has 0 heterocycles. The maximum absolute atomic E-state index is 12.1. The van der Waals surface area contributed by atoms with Crippen LogP contribution in [0.4, 0.5) is 0 Å². The Bertz CT molecular complexity index is 672. The Morgan fingerprint density at radius 3 is 2.41 bits per heavy atom. The summed E-state index contributed by atoms with van der Waals surface area (Å²) >= 11 is 0. The molecule has 164 valence electrons. The maximum atomic E-state index is 12.1. The molecule has 0 bridgehead atoms. The summed E-state index contributed by atoms with van der Waals surface area (Å²) in [7, 11) is 0. The summed E-state index contributed by atoms with van der Waals surface area (Å²) in [6, 6.07) is 0. The number of allylic oxidation sites excluding steroid dienone is 2. The van der Waals surface area contributed by atoms with Gasteiger partial charge in [-0.05, 0) is 91.3 Å². The van der Waals surface area contributed by atoms with Crippen molar-refractivity contribution in [2.75, 3.05) is 0 Å². The smallest absolute Gasteiger partial charge is 0.133 e. The average Bonchev–Trinajstić information content (AvgIpc) is 3.03. The third kappa shape index (κ3) is 3.57. The van der Waals surface area contributed by atoms with Crippen molar-refractivity contribution in [1.82, 2.24) is 0 Å². The van der Waals surface area contributed by atoms with E-state index in [0.717, 1.165) is 48.9 Å². The molecule has 0 saturated heterocycles. The highest BCUT2D eigenvalue weighted by molar-refractivity contribution is 5.80. The molecule has 2 saturated carbocycles. The fourth-order valence-corrected chi connectivity index (χ4v) is 8.29. The summed E-state index contributed by atoms with van der Waals surface area (Å²) in [6.07, 6.45) is 13.8. The van der Waals surface area contributed by atoms with Crippen molar-refractivity contribution < 1.29 is 4.79 Å². The highest BCUT2D eigenvalue weighted by atomic mass is 16.1. The summed E-state index contributed by atoms with van der Waals surface area (Å²) in [6.45, 7) is 15.0. The number of carbonyl (C=O) groups excluding carboxylic acids is 1. The molecule has 0 aromatic carbocycles. The molecular weight excluding hydrogens is 352 g/mol. The van der Waals surface area contributed by atoms with Crippen LogP contribution in [0.15, 0.2) is 11.1 Å². The fourth-order valence-electron chi connectivity index (χ4n) is 8.29. The van der Waals surface area contributed by atoms with Crippen molar-refractivity contribution in [2.45, 2.75) is 112 Å². The second-order valence-corrected chi connectivity index (χ2v) is 12.4. The molecule has 1 heteroatoms. The highest BCUT2D eigenvalue weighted by Crippen LogP contribution is 2.65. The molecule has 4 aliphatic carbocycles. The van der Waals surface area contributed by atoms with Gasteiger partial charge < -0.3 is 0 Å². The van der Waals surface area contributed by atoms with Gasteiger partial charge in [0.15, 0.2) is 0 Å². The Morgan fingerprint density at radius 2 is 1.69 bits per heavy atom. The number of rotatable bonds is 5. The van der Waals surface area contributed by atoms with E-state index in [0.29, 0.717) is 22.5 Å². The van der Waals surface area contributed by atoms with Crippen molar-refractivity contribution >= 4 is 5.78 Å². The molecule has 0 aliphatic heterocycles. The third-order valence-corrected chi connectivity index (χ3v) is 10.8. The Morgan fingerprint density at radius 1 is 0.931 bits per heavy atom. The van der Waals surface area contributed by atoms with Crippen LogP contribution in [0.3, 0.4) is 0 Å². The summed E-state index contributed by atoms with van der Waals surface area (Å²) in [4.78, 5) is 12.1. The quantitative estimate of drug-likeness (QED) is 0.429. The topological polar surface area (TPSA) is 17.1 Å². The molecule has 0 aromatic rings. The normalized spacial score (nSPS) is 41.8. The van der Waals surface area contributed by atoms with E-state index in [2.05, 4.69) is 41.5 Å². The van der Waals surface area contributed by atoms with Gasteiger partial charge in [-0.15, -0.1) is 0 Å². The van der Waals surface area contributed by atoms with Gasteiger partial charge in [0, 0.05) is 12.8 Å². The Balaban J connectivity index is 1.53. The monoisotopic (exact) mass is 398 g/mol. The molecule has 29 heavy (non-hydrogen) atoms. The Labute approximate surface area is 180 Å². The van der Waals surface area contributed by atoms with Crippen LogP contribution in [-0.4, -0.2) is 5.78 Å². The molecule has 7 atom stereocenters. The molecule has 0 unspecified atom stereocenters. The van der Waals surface area contributed by atoms with Gasteiger partial charge in [0.2, 0.25) is 0 Å². The first-order valence-electron chi connectivity index (χ1n) is 12.9. The molecule has 1 nitrogen and oxygen atoms in total. The van der Waals surface area contributed by atoms with Gasteiger partial charge in [-0.25, -0.2) is 0 Å². The van der Waals surface area contributed by atoms with Gasteiger partial charge in [-0.3, -0.25) is 4.79 Å². The van der Waals surface area contributed by atoms with E-state index in [-0.39, 0.29) is 0 Å². The van der Waals surface area contributed by atoms with Crippen LogP contribution < -0.4 is 0 Å². The zero-order valence-electron chi connectivity index (χ0n) is 20.2. The van der Waals surface area contributed by atoms with E-state index < -0.39 is 0 Å². The molecule has 0 radical (unpaired) electrons. The number of hydrogen-bond donors (Lipinski definition) is 0. The molecule has 0 spiro atoms. The molecule has 0 N–H and O–H groups in total. The van der Waals surface area contributed by atoms with Crippen LogP contribution in [0.2, 0.25) is 0 Å². The molecule has 4 rings (SSSR count). The first kappa shape index (κ1) is 21.6. The minimum absolute atomic E-state index is 0.346. The molecule has 2 fully saturated rings. The third-order valence-electron chi connectivity index (χ3n) is 10.8. The average molecular weight is 399 g/mol. The van der Waals surface area contributed by atoms with E-state index in [1.807, 2.05) is 11.1 Å². The van der Waals surface area contributed by atoms with Crippen LogP contribution in [0.25, 0.3) is 0 Å². The second kappa shape index (κ2) is 7.83. The van der Waals surface area contributed by atoms with Crippen LogP contribution in [0.5, 0.6) is 0 Å². The second-order valence-electron chi connectivity index (χ2n) is 12.4. The van der Waals surface area contributed by atoms with Gasteiger partial charge in [0.1, 0.15) is 5.78 Å². The van der Waals surface area contributed by atoms with Gasteiger partial charge in [-0.1, -0.05) is 65.5 Å². The van der Waals surface area contributed by atoms with Gasteiger partial charge in [0.05, 0.1) is 0 Å². The van der Waals surface area contributed by atoms with Crippen LogP contribution in [0.1, 0.15) is 112 Å². The van der Waals surface area contributed by atoms with Crippen molar-refractivity contribution in [2.24, 2.45) is 46.3 Å².